The van der Waals surface area contributed by atoms with Gasteiger partial charge in [-0.05, 0) is 47.2 Å². The summed E-state index contributed by atoms with van der Waals surface area (Å²) in [5.74, 6) is 0.607. The van der Waals surface area contributed by atoms with Gasteiger partial charge in [0.2, 0.25) is 5.95 Å². The fourth-order valence-corrected chi connectivity index (χ4v) is 2.60. The number of rotatable bonds is 3. The minimum absolute atomic E-state index is 0.0875. The number of amides is 1. The number of nitrogens with one attached hydrogen (secondary N) is 1. The highest BCUT2D eigenvalue weighted by Gasteiger charge is 2.20. The van der Waals surface area contributed by atoms with E-state index in [0.29, 0.717) is 11.5 Å². The Bertz CT molecular complexity index is 666. The highest BCUT2D eigenvalue weighted by Crippen LogP contribution is 2.16. The Hall–Kier alpha value is -1.99. The summed E-state index contributed by atoms with van der Waals surface area (Å²) in [6.07, 6.45) is 3.36. The van der Waals surface area contributed by atoms with Gasteiger partial charge >= 0.3 is 0 Å². The van der Waals surface area contributed by atoms with Gasteiger partial charge < -0.3 is 15.1 Å². The maximum absolute atomic E-state index is 12.5. The first-order chi connectivity index (χ1) is 11.1. The molecule has 1 amide bonds. The number of likely N-dealkylation sites (N-methyl/N-ethyl adjacent to an activating group) is 1. The van der Waals surface area contributed by atoms with E-state index in [1.165, 1.54) is 0 Å². The zero-order chi connectivity index (χ0) is 16.2. The van der Waals surface area contributed by atoms with Gasteiger partial charge in [0.25, 0.3) is 5.91 Å². The van der Waals surface area contributed by atoms with Gasteiger partial charge in [0.05, 0.1) is 4.47 Å². The minimum Gasteiger partial charge on any atom is -0.336 e. The van der Waals surface area contributed by atoms with E-state index in [-0.39, 0.29) is 5.91 Å². The van der Waals surface area contributed by atoms with Crippen LogP contribution in [-0.2, 0) is 0 Å². The predicted molar refractivity (Wildman–Crippen MR) is 92.9 cm³/mol. The lowest BCUT2D eigenvalue weighted by Crippen LogP contribution is -2.47. The SMILES string of the molecule is CN1CCN(C(=O)c2ccc(Nc3ncc(Br)cn3)cc2)CC1. The van der Waals surface area contributed by atoms with E-state index in [9.17, 15) is 4.79 Å². The summed E-state index contributed by atoms with van der Waals surface area (Å²) < 4.78 is 0.830. The summed E-state index contributed by atoms with van der Waals surface area (Å²) in [5, 5.41) is 3.11. The normalized spacial score (nSPS) is 15.5. The highest BCUT2D eigenvalue weighted by molar-refractivity contribution is 9.10. The quantitative estimate of drug-likeness (QED) is 0.891. The minimum atomic E-state index is 0.0875. The lowest BCUT2D eigenvalue weighted by Gasteiger charge is -2.32. The van der Waals surface area contributed by atoms with Crippen molar-refractivity contribution in [2.45, 2.75) is 0 Å². The number of benzene rings is 1. The van der Waals surface area contributed by atoms with E-state index in [2.05, 4.69) is 43.2 Å². The second-order valence-corrected chi connectivity index (χ2v) is 6.44. The van der Waals surface area contributed by atoms with Crippen LogP contribution in [0.2, 0.25) is 0 Å². The first-order valence-corrected chi connectivity index (χ1v) is 8.23. The Labute approximate surface area is 143 Å². The van der Waals surface area contributed by atoms with Crippen molar-refractivity contribution in [3.05, 3.63) is 46.7 Å². The molecule has 3 rings (SSSR count). The van der Waals surface area contributed by atoms with Gasteiger partial charge in [-0.15, -0.1) is 0 Å². The van der Waals surface area contributed by atoms with Crippen molar-refractivity contribution in [3.8, 4) is 0 Å². The van der Waals surface area contributed by atoms with Crippen molar-refractivity contribution >= 4 is 33.5 Å². The number of nitrogens with zero attached hydrogens (tertiary/aromatic N) is 4. The molecule has 1 aromatic carbocycles. The number of anilines is 2. The third-order valence-electron chi connectivity index (χ3n) is 3.80. The van der Waals surface area contributed by atoms with Crippen LogP contribution in [0.5, 0.6) is 0 Å². The molecule has 1 aromatic heterocycles. The summed E-state index contributed by atoms with van der Waals surface area (Å²) in [6.45, 7) is 3.41. The van der Waals surface area contributed by atoms with Crippen LogP contribution < -0.4 is 5.32 Å². The van der Waals surface area contributed by atoms with E-state index < -0.39 is 0 Å². The van der Waals surface area contributed by atoms with Gasteiger partial charge in [0, 0.05) is 49.8 Å². The van der Waals surface area contributed by atoms with E-state index in [1.807, 2.05) is 29.2 Å². The molecule has 0 unspecified atom stereocenters. The first kappa shape index (κ1) is 15.9. The van der Waals surface area contributed by atoms with Crippen LogP contribution in [0.1, 0.15) is 10.4 Å². The van der Waals surface area contributed by atoms with Crippen molar-refractivity contribution in [2.24, 2.45) is 0 Å². The molecule has 0 atom stereocenters. The molecular formula is C16H18BrN5O. The molecule has 7 heteroatoms. The summed E-state index contributed by atoms with van der Waals surface area (Å²) in [4.78, 5) is 24.9. The summed E-state index contributed by atoms with van der Waals surface area (Å²) in [7, 11) is 2.08. The van der Waals surface area contributed by atoms with Gasteiger partial charge in [-0.2, -0.15) is 0 Å². The highest BCUT2D eigenvalue weighted by atomic mass is 79.9. The summed E-state index contributed by atoms with van der Waals surface area (Å²) >= 11 is 3.30. The lowest BCUT2D eigenvalue weighted by molar-refractivity contribution is 0.0664. The Morgan fingerprint density at radius 1 is 1.09 bits per heavy atom. The van der Waals surface area contributed by atoms with Gasteiger partial charge in [-0.1, -0.05) is 0 Å². The van der Waals surface area contributed by atoms with Gasteiger partial charge in [0.1, 0.15) is 0 Å². The van der Waals surface area contributed by atoms with Crippen LogP contribution >= 0.6 is 15.9 Å². The van der Waals surface area contributed by atoms with Crippen LogP contribution in [-0.4, -0.2) is 58.9 Å². The zero-order valence-electron chi connectivity index (χ0n) is 12.9. The van der Waals surface area contributed by atoms with Crippen molar-refractivity contribution < 1.29 is 4.79 Å². The molecular weight excluding hydrogens is 358 g/mol. The summed E-state index contributed by atoms with van der Waals surface area (Å²) in [6, 6.07) is 7.41. The van der Waals surface area contributed by atoms with Gasteiger partial charge in [0.15, 0.2) is 0 Å². The average molecular weight is 376 g/mol. The van der Waals surface area contributed by atoms with E-state index in [4.69, 9.17) is 0 Å². The number of aromatic nitrogens is 2. The van der Waals surface area contributed by atoms with Crippen molar-refractivity contribution in [3.63, 3.8) is 0 Å². The molecule has 1 saturated heterocycles. The number of carbonyl (C=O) groups is 1. The van der Waals surface area contributed by atoms with Crippen molar-refractivity contribution in [1.82, 2.24) is 19.8 Å². The van der Waals surface area contributed by atoms with E-state index in [0.717, 1.165) is 36.3 Å². The molecule has 1 fully saturated rings. The molecule has 1 N–H and O–H groups in total. The second-order valence-electron chi connectivity index (χ2n) is 5.52. The number of hydrogen-bond donors (Lipinski definition) is 1. The molecule has 0 aliphatic carbocycles. The predicted octanol–water partition coefficient (Wildman–Crippen LogP) is 2.37. The Kier molecular flexibility index (Phi) is 4.88. The topological polar surface area (TPSA) is 61.4 Å². The molecule has 23 heavy (non-hydrogen) atoms. The largest absolute Gasteiger partial charge is 0.336 e. The van der Waals surface area contributed by atoms with Crippen LogP contribution in [0.25, 0.3) is 0 Å². The molecule has 0 bridgehead atoms. The second kappa shape index (κ2) is 7.06. The van der Waals surface area contributed by atoms with Crippen molar-refractivity contribution in [1.29, 1.82) is 0 Å². The monoisotopic (exact) mass is 375 g/mol. The molecule has 0 saturated carbocycles. The molecule has 2 heterocycles. The van der Waals surface area contributed by atoms with E-state index in [1.54, 1.807) is 12.4 Å². The number of halogens is 1. The number of piperazine rings is 1. The first-order valence-electron chi connectivity index (χ1n) is 7.44. The van der Waals surface area contributed by atoms with Crippen LogP contribution in [0.4, 0.5) is 11.6 Å². The van der Waals surface area contributed by atoms with Gasteiger partial charge in [-0.3, -0.25) is 4.79 Å². The standard InChI is InChI=1S/C16H18BrN5O/c1-21-6-8-22(9-7-21)15(23)12-2-4-14(5-3-12)20-16-18-10-13(17)11-19-16/h2-5,10-11H,6-9H2,1H3,(H,18,19,20). The third-order valence-corrected chi connectivity index (χ3v) is 4.21. The molecule has 1 aliphatic heterocycles. The number of hydrogen-bond acceptors (Lipinski definition) is 5. The molecule has 120 valence electrons. The van der Waals surface area contributed by atoms with Crippen LogP contribution in [0, 0.1) is 0 Å². The molecule has 2 aromatic rings. The Morgan fingerprint density at radius 3 is 2.30 bits per heavy atom. The molecule has 0 spiro atoms. The van der Waals surface area contributed by atoms with Crippen LogP contribution in [0.3, 0.4) is 0 Å². The smallest absolute Gasteiger partial charge is 0.253 e. The molecule has 0 radical (unpaired) electrons. The van der Waals surface area contributed by atoms with Gasteiger partial charge in [-0.25, -0.2) is 9.97 Å². The fourth-order valence-electron chi connectivity index (χ4n) is 2.39. The maximum Gasteiger partial charge on any atom is 0.253 e. The Balaban J connectivity index is 1.64. The average Bonchev–Trinajstić information content (AvgIpc) is 2.58. The van der Waals surface area contributed by atoms with E-state index >= 15 is 0 Å². The Morgan fingerprint density at radius 2 is 1.70 bits per heavy atom. The zero-order valence-corrected chi connectivity index (χ0v) is 14.5. The molecule has 6 nitrogen and oxygen atoms in total. The maximum atomic E-state index is 12.5. The lowest BCUT2D eigenvalue weighted by atomic mass is 10.1. The summed E-state index contributed by atoms with van der Waals surface area (Å²) in [5.41, 5.74) is 1.55. The fraction of sp³-hybridized carbons (Fsp3) is 0.312. The van der Waals surface area contributed by atoms with Crippen LogP contribution in [0.15, 0.2) is 41.1 Å². The van der Waals surface area contributed by atoms with Crippen molar-refractivity contribution in [2.75, 3.05) is 38.5 Å². The third kappa shape index (κ3) is 4.05. The number of carbonyl (C=O) groups excluding carboxylic acids is 1. The molecule has 1 aliphatic rings.